The van der Waals surface area contributed by atoms with Gasteiger partial charge in [0.25, 0.3) is 11.8 Å². The van der Waals surface area contributed by atoms with Crippen molar-refractivity contribution in [1.29, 1.82) is 0 Å². The highest BCUT2D eigenvalue weighted by atomic mass is 16.5. The third kappa shape index (κ3) is 4.14. The van der Waals surface area contributed by atoms with Crippen molar-refractivity contribution in [3.05, 3.63) is 65.2 Å². The van der Waals surface area contributed by atoms with Crippen LogP contribution in [0.1, 0.15) is 24.2 Å². The zero-order chi connectivity index (χ0) is 19.4. The van der Waals surface area contributed by atoms with Crippen LogP contribution in [0.4, 0.5) is 4.79 Å². The Labute approximate surface area is 156 Å². The lowest BCUT2D eigenvalue weighted by atomic mass is 10.1. The molecule has 2 N–H and O–H groups in total. The van der Waals surface area contributed by atoms with E-state index in [-0.39, 0.29) is 11.7 Å². The fourth-order valence-electron chi connectivity index (χ4n) is 2.63. The third-order valence-corrected chi connectivity index (χ3v) is 4.01. The number of urea groups is 1. The second-order valence-corrected chi connectivity index (χ2v) is 5.88. The van der Waals surface area contributed by atoms with Gasteiger partial charge in [0.15, 0.2) is 11.5 Å². The number of hydrogen-bond donors (Lipinski definition) is 2. The van der Waals surface area contributed by atoms with Crippen molar-refractivity contribution in [2.45, 2.75) is 13.0 Å². The van der Waals surface area contributed by atoms with Gasteiger partial charge in [-0.1, -0.05) is 36.4 Å². The summed E-state index contributed by atoms with van der Waals surface area (Å²) < 4.78 is 11.3. The van der Waals surface area contributed by atoms with Crippen LogP contribution in [-0.2, 0) is 9.59 Å². The van der Waals surface area contributed by atoms with Gasteiger partial charge in [-0.25, -0.2) is 4.79 Å². The summed E-state index contributed by atoms with van der Waals surface area (Å²) in [5.41, 5.74) is 1.41. The summed E-state index contributed by atoms with van der Waals surface area (Å²) >= 11 is 0. The van der Waals surface area contributed by atoms with Gasteiger partial charge in [-0.3, -0.25) is 20.2 Å². The van der Waals surface area contributed by atoms with Gasteiger partial charge in [0, 0.05) is 0 Å². The van der Waals surface area contributed by atoms with E-state index in [2.05, 4.69) is 0 Å². The number of barbiturate groups is 1. The molecule has 3 rings (SSSR count). The van der Waals surface area contributed by atoms with Crippen molar-refractivity contribution in [3.63, 3.8) is 0 Å². The van der Waals surface area contributed by atoms with Gasteiger partial charge >= 0.3 is 6.03 Å². The zero-order valence-electron chi connectivity index (χ0n) is 14.8. The van der Waals surface area contributed by atoms with Crippen LogP contribution in [0.15, 0.2) is 54.1 Å². The average molecular weight is 366 g/mol. The molecule has 0 bridgehead atoms. The van der Waals surface area contributed by atoms with Gasteiger partial charge in [-0.05, 0) is 36.3 Å². The molecule has 7 heteroatoms. The maximum atomic E-state index is 11.8. The quantitative estimate of drug-likeness (QED) is 0.627. The molecular weight excluding hydrogens is 348 g/mol. The minimum Gasteiger partial charge on any atom is -0.493 e. The average Bonchev–Trinajstić information content (AvgIpc) is 2.66. The van der Waals surface area contributed by atoms with E-state index >= 15 is 0 Å². The topological polar surface area (TPSA) is 93.7 Å². The summed E-state index contributed by atoms with van der Waals surface area (Å²) in [5, 5.41) is 4.06. The molecule has 2 aromatic rings. The minimum atomic E-state index is -0.835. The molecule has 0 aromatic heterocycles. The number of amides is 4. The van der Waals surface area contributed by atoms with E-state index in [1.54, 1.807) is 18.2 Å². The first-order valence-electron chi connectivity index (χ1n) is 8.26. The summed E-state index contributed by atoms with van der Waals surface area (Å²) in [4.78, 5) is 34.8. The van der Waals surface area contributed by atoms with E-state index < -0.39 is 17.8 Å². The van der Waals surface area contributed by atoms with Crippen LogP contribution in [0, 0.1) is 0 Å². The van der Waals surface area contributed by atoms with Gasteiger partial charge in [0.1, 0.15) is 11.7 Å². The minimum absolute atomic E-state index is 0.164. The van der Waals surface area contributed by atoms with Crippen molar-refractivity contribution in [3.8, 4) is 11.5 Å². The predicted octanol–water partition coefficient (Wildman–Crippen LogP) is 2.58. The van der Waals surface area contributed by atoms with E-state index in [0.29, 0.717) is 17.1 Å². The van der Waals surface area contributed by atoms with E-state index in [1.165, 1.54) is 13.2 Å². The number of benzene rings is 2. The SMILES string of the molecule is COc1cc(C=C2C(=O)NC(=O)NC2=O)ccc1OC(C)c1ccccc1. The van der Waals surface area contributed by atoms with Crippen molar-refractivity contribution >= 4 is 23.9 Å². The predicted molar refractivity (Wildman–Crippen MR) is 98.1 cm³/mol. The Kier molecular flexibility index (Phi) is 5.21. The second kappa shape index (κ2) is 7.74. The molecule has 0 radical (unpaired) electrons. The molecule has 1 atom stereocenters. The fourth-order valence-corrected chi connectivity index (χ4v) is 2.63. The summed E-state index contributed by atoms with van der Waals surface area (Å²) in [6.45, 7) is 1.93. The number of methoxy groups -OCH3 is 1. The van der Waals surface area contributed by atoms with Gasteiger partial charge < -0.3 is 9.47 Å². The normalized spacial score (nSPS) is 14.9. The van der Waals surface area contributed by atoms with Crippen LogP contribution in [0.5, 0.6) is 11.5 Å². The van der Waals surface area contributed by atoms with Crippen LogP contribution in [0.3, 0.4) is 0 Å². The number of hydrogen-bond acceptors (Lipinski definition) is 5. The first kappa shape index (κ1) is 18.2. The van der Waals surface area contributed by atoms with Crippen molar-refractivity contribution < 1.29 is 23.9 Å². The molecule has 1 unspecified atom stereocenters. The fraction of sp³-hybridized carbons (Fsp3) is 0.150. The monoisotopic (exact) mass is 366 g/mol. The Balaban J connectivity index is 1.84. The second-order valence-electron chi connectivity index (χ2n) is 5.88. The summed E-state index contributed by atoms with van der Waals surface area (Å²) in [7, 11) is 1.50. The highest BCUT2D eigenvalue weighted by Crippen LogP contribution is 2.32. The number of rotatable bonds is 5. The summed E-state index contributed by atoms with van der Waals surface area (Å²) in [6.07, 6.45) is 1.19. The molecular formula is C20H18N2O5. The van der Waals surface area contributed by atoms with Crippen LogP contribution < -0.4 is 20.1 Å². The molecule has 0 spiro atoms. The number of nitrogens with one attached hydrogen (secondary N) is 2. The lowest BCUT2D eigenvalue weighted by Crippen LogP contribution is -2.51. The molecule has 1 aliphatic heterocycles. The Morgan fingerprint density at radius 1 is 0.926 bits per heavy atom. The van der Waals surface area contributed by atoms with Crippen molar-refractivity contribution in [1.82, 2.24) is 10.6 Å². The lowest BCUT2D eigenvalue weighted by molar-refractivity contribution is -0.123. The Bertz CT molecular complexity index is 899. The standard InChI is InChI=1S/C20H18N2O5/c1-12(14-6-4-3-5-7-14)27-16-9-8-13(11-17(16)26-2)10-15-18(23)21-20(25)22-19(15)24/h3-12H,1-2H3,(H2,21,22,23,24,25). The smallest absolute Gasteiger partial charge is 0.328 e. The number of carbonyl (C=O) groups is 3. The number of imide groups is 2. The highest BCUT2D eigenvalue weighted by Gasteiger charge is 2.27. The molecule has 1 heterocycles. The maximum Gasteiger partial charge on any atom is 0.328 e. The van der Waals surface area contributed by atoms with E-state index in [9.17, 15) is 14.4 Å². The first-order chi connectivity index (χ1) is 13.0. The molecule has 138 valence electrons. The third-order valence-electron chi connectivity index (χ3n) is 4.01. The van der Waals surface area contributed by atoms with E-state index in [0.717, 1.165) is 5.56 Å². The molecule has 2 aromatic carbocycles. The van der Waals surface area contributed by atoms with Crippen molar-refractivity contribution in [2.75, 3.05) is 7.11 Å². The van der Waals surface area contributed by atoms with Gasteiger partial charge in [0.2, 0.25) is 0 Å². The maximum absolute atomic E-state index is 11.8. The zero-order valence-corrected chi connectivity index (χ0v) is 14.8. The van der Waals surface area contributed by atoms with E-state index in [1.807, 2.05) is 47.9 Å². The molecule has 0 saturated carbocycles. The Morgan fingerprint density at radius 2 is 1.59 bits per heavy atom. The van der Waals surface area contributed by atoms with Gasteiger partial charge in [-0.2, -0.15) is 0 Å². The number of carbonyl (C=O) groups excluding carboxylic acids is 3. The largest absolute Gasteiger partial charge is 0.493 e. The molecule has 1 aliphatic rings. The Morgan fingerprint density at radius 3 is 2.22 bits per heavy atom. The van der Waals surface area contributed by atoms with Crippen LogP contribution in [0.2, 0.25) is 0 Å². The summed E-state index contributed by atoms with van der Waals surface area (Å²) in [6, 6.07) is 14.0. The van der Waals surface area contributed by atoms with Crippen molar-refractivity contribution in [2.24, 2.45) is 0 Å². The first-order valence-corrected chi connectivity index (χ1v) is 8.26. The van der Waals surface area contributed by atoms with Crippen LogP contribution in [0.25, 0.3) is 6.08 Å². The lowest BCUT2D eigenvalue weighted by Gasteiger charge is -2.18. The molecule has 7 nitrogen and oxygen atoms in total. The Hall–Kier alpha value is -3.61. The van der Waals surface area contributed by atoms with Gasteiger partial charge in [0.05, 0.1) is 7.11 Å². The highest BCUT2D eigenvalue weighted by molar-refractivity contribution is 6.31. The molecule has 1 saturated heterocycles. The van der Waals surface area contributed by atoms with Crippen LogP contribution >= 0.6 is 0 Å². The number of ether oxygens (including phenoxy) is 2. The molecule has 27 heavy (non-hydrogen) atoms. The molecule has 4 amide bonds. The summed E-state index contributed by atoms with van der Waals surface area (Å²) in [5.74, 6) is -0.509. The molecule has 0 aliphatic carbocycles. The van der Waals surface area contributed by atoms with Crippen LogP contribution in [-0.4, -0.2) is 25.0 Å². The van der Waals surface area contributed by atoms with Gasteiger partial charge in [-0.15, -0.1) is 0 Å². The van der Waals surface area contributed by atoms with E-state index in [4.69, 9.17) is 9.47 Å². The molecule has 1 fully saturated rings.